The quantitative estimate of drug-likeness (QED) is 0.746. The molecule has 0 saturated carbocycles. The standard InChI is InChI=1S/C10H10N2O3S/c1-2-3-8-11-12-10(15-8)16-9-5-4-7(6-13)14-9/h4-6H,2-3H2,1H3. The number of aromatic nitrogens is 2. The van der Waals surface area contributed by atoms with E-state index in [1.54, 1.807) is 12.1 Å². The summed E-state index contributed by atoms with van der Waals surface area (Å²) in [6.45, 7) is 2.04. The molecule has 84 valence electrons. The van der Waals surface area contributed by atoms with Crippen LogP contribution in [-0.4, -0.2) is 16.5 Å². The van der Waals surface area contributed by atoms with E-state index in [0.717, 1.165) is 12.8 Å². The molecule has 0 aromatic carbocycles. The van der Waals surface area contributed by atoms with E-state index in [9.17, 15) is 4.79 Å². The number of nitrogens with zero attached hydrogens (tertiary/aromatic N) is 2. The molecule has 2 aromatic heterocycles. The zero-order valence-corrected chi connectivity index (χ0v) is 9.49. The minimum absolute atomic E-state index is 0.288. The van der Waals surface area contributed by atoms with Crippen molar-refractivity contribution in [2.24, 2.45) is 0 Å². The van der Waals surface area contributed by atoms with Gasteiger partial charge < -0.3 is 8.83 Å². The first kappa shape index (κ1) is 10.9. The molecule has 0 aliphatic heterocycles. The van der Waals surface area contributed by atoms with Gasteiger partial charge in [-0.05, 0) is 18.6 Å². The highest BCUT2D eigenvalue weighted by Gasteiger charge is 2.10. The van der Waals surface area contributed by atoms with Crippen LogP contribution >= 0.6 is 11.8 Å². The molecule has 16 heavy (non-hydrogen) atoms. The van der Waals surface area contributed by atoms with Crippen LogP contribution in [0, 0.1) is 0 Å². The highest BCUT2D eigenvalue weighted by molar-refractivity contribution is 7.99. The first-order chi connectivity index (χ1) is 7.81. The smallest absolute Gasteiger partial charge is 0.284 e. The molecule has 0 amide bonds. The summed E-state index contributed by atoms with van der Waals surface area (Å²) in [6.07, 6.45) is 2.38. The molecule has 2 heterocycles. The summed E-state index contributed by atoms with van der Waals surface area (Å²) < 4.78 is 10.5. The number of hydrogen-bond donors (Lipinski definition) is 0. The minimum atomic E-state index is 0.288. The maximum atomic E-state index is 10.4. The van der Waals surface area contributed by atoms with Gasteiger partial charge in [0.2, 0.25) is 5.89 Å². The van der Waals surface area contributed by atoms with Gasteiger partial charge in [0, 0.05) is 18.2 Å². The molecular weight excluding hydrogens is 228 g/mol. The van der Waals surface area contributed by atoms with Gasteiger partial charge >= 0.3 is 0 Å². The number of hydrogen-bond acceptors (Lipinski definition) is 6. The number of rotatable bonds is 5. The number of furan rings is 1. The number of carbonyl (C=O) groups is 1. The monoisotopic (exact) mass is 238 g/mol. The SMILES string of the molecule is CCCc1nnc(Sc2ccc(C=O)o2)o1. The third-order valence-electron chi connectivity index (χ3n) is 1.82. The average molecular weight is 238 g/mol. The molecule has 0 radical (unpaired) electrons. The summed E-state index contributed by atoms with van der Waals surface area (Å²) in [5.74, 6) is 0.906. The van der Waals surface area contributed by atoms with E-state index >= 15 is 0 Å². The van der Waals surface area contributed by atoms with E-state index in [4.69, 9.17) is 8.83 Å². The van der Waals surface area contributed by atoms with Crippen LogP contribution in [0.3, 0.4) is 0 Å². The minimum Gasteiger partial charge on any atom is -0.447 e. The first-order valence-corrected chi connectivity index (χ1v) is 5.68. The van der Waals surface area contributed by atoms with E-state index in [2.05, 4.69) is 10.2 Å². The van der Waals surface area contributed by atoms with Crippen molar-refractivity contribution in [1.29, 1.82) is 0 Å². The fourth-order valence-corrected chi connectivity index (χ4v) is 1.80. The van der Waals surface area contributed by atoms with Gasteiger partial charge in [0.1, 0.15) is 0 Å². The lowest BCUT2D eigenvalue weighted by Gasteiger charge is -1.89. The lowest BCUT2D eigenvalue weighted by molar-refractivity contribution is 0.109. The molecule has 0 atom stereocenters. The van der Waals surface area contributed by atoms with Crippen LogP contribution < -0.4 is 0 Å². The third-order valence-corrected chi connectivity index (χ3v) is 2.58. The van der Waals surface area contributed by atoms with Gasteiger partial charge in [-0.3, -0.25) is 4.79 Å². The van der Waals surface area contributed by atoms with Gasteiger partial charge in [0.25, 0.3) is 5.22 Å². The second-order valence-electron chi connectivity index (χ2n) is 3.09. The van der Waals surface area contributed by atoms with Crippen molar-refractivity contribution < 1.29 is 13.6 Å². The molecule has 0 N–H and O–H groups in total. The Labute approximate surface area is 96.2 Å². The van der Waals surface area contributed by atoms with Crippen molar-refractivity contribution in [3.63, 3.8) is 0 Å². The topological polar surface area (TPSA) is 69.1 Å². The van der Waals surface area contributed by atoms with Crippen molar-refractivity contribution in [2.75, 3.05) is 0 Å². The Morgan fingerprint density at radius 2 is 2.25 bits per heavy atom. The van der Waals surface area contributed by atoms with Crippen molar-refractivity contribution in [3.05, 3.63) is 23.8 Å². The number of aldehydes is 1. The van der Waals surface area contributed by atoms with Crippen LogP contribution in [0.5, 0.6) is 0 Å². The third kappa shape index (κ3) is 2.52. The van der Waals surface area contributed by atoms with Gasteiger partial charge in [-0.1, -0.05) is 6.92 Å². The summed E-state index contributed by atoms with van der Waals surface area (Å²) in [5.41, 5.74) is 0. The predicted octanol–water partition coefficient (Wildman–Crippen LogP) is 2.58. The van der Waals surface area contributed by atoms with Gasteiger partial charge in [0.05, 0.1) is 0 Å². The molecule has 2 rings (SSSR count). The molecule has 0 aliphatic carbocycles. The Bertz CT molecular complexity index is 478. The summed E-state index contributed by atoms with van der Waals surface area (Å²) >= 11 is 1.20. The Morgan fingerprint density at radius 3 is 2.94 bits per heavy atom. The molecule has 6 heteroatoms. The number of carbonyl (C=O) groups excluding carboxylic acids is 1. The lowest BCUT2D eigenvalue weighted by Crippen LogP contribution is -1.80. The molecule has 2 aromatic rings. The van der Waals surface area contributed by atoms with Crippen LogP contribution in [0.1, 0.15) is 29.8 Å². The van der Waals surface area contributed by atoms with Crippen LogP contribution in [0.15, 0.2) is 31.3 Å². The fraction of sp³-hybridized carbons (Fsp3) is 0.300. The zero-order valence-electron chi connectivity index (χ0n) is 8.67. The summed E-state index contributed by atoms with van der Waals surface area (Å²) in [6, 6.07) is 3.29. The van der Waals surface area contributed by atoms with Crippen LogP contribution in [-0.2, 0) is 6.42 Å². The Balaban J connectivity index is 2.05. The highest BCUT2D eigenvalue weighted by atomic mass is 32.2. The molecule has 0 saturated heterocycles. The average Bonchev–Trinajstić information content (AvgIpc) is 2.89. The molecule has 0 bridgehead atoms. The molecule has 0 fully saturated rings. The van der Waals surface area contributed by atoms with Gasteiger partial charge in [-0.15, -0.1) is 10.2 Å². The van der Waals surface area contributed by atoms with E-state index in [1.807, 2.05) is 6.92 Å². The molecule has 0 unspecified atom stereocenters. The highest BCUT2D eigenvalue weighted by Crippen LogP contribution is 2.27. The van der Waals surface area contributed by atoms with E-state index in [0.29, 0.717) is 22.5 Å². The Morgan fingerprint density at radius 1 is 1.38 bits per heavy atom. The van der Waals surface area contributed by atoms with E-state index in [-0.39, 0.29) is 5.76 Å². The summed E-state index contributed by atoms with van der Waals surface area (Å²) in [4.78, 5) is 10.4. The fourth-order valence-electron chi connectivity index (χ4n) is 1.13. The van der Waals surface area contributed by atoms with Gasteiger partial charge in [0.15, 0.2) is 17.1 Å². The second-order valence-corrected chi connectivity index (χ2v) is 4.04. The summed E-state index contributed by atoms with van der Waals surface area (Å²) in [7, 11) is 0. The van der Waals surface area contributed by atoms with Crippen LogP contribution in [0.25, 0.3) is 0 Å². The molecule has 0 spiro atoms. The number of aryl methyl sites for hydroxylation is 1. The Kier molecular flexibility index (Phi) is 3.40. The second kappa shape index (κ2) is 4.98. The van der Waals surface area contributed by atoms with Gasteiger partial charge in [-0.2, -0.15) is 0 Å². The maximum absolute atomic E-state index is 10.4. The summed E-state index contributed by atoms with van der Waals surface area (Å²) in [5, 5.41) is 8.73. The zero-order chi connectivity index (χ0) is 11.4. The molecular formula is C10H10N2O3S. The van der Waals surface area contributed by atoms with E-state index in [1.165, 1.54) is 11.8 Å². The van der Waals surface area contributed by atoms with Crippen LogP contribution in [0.2, 0.25) is 0 Å². The van der Waals surface area contributed by atoms with E-state index < -0.39 is 0 Å². The largest absolute Gasteiger partial charge is 0.447 e. The molecule has 5 nitrogen and oxygen atoms in total. The molecule has 0 aliphatic rings. The van der Waals surface area contributed by atoms with Crippen molar-refractivity contribution >= 4 is 18.0 Å². The maximum Gasteiger partial charge on any atom is 0.284 e. The van der Waals surface area contributed by atoms with Gasteiger partial charge in [-0.25, -0.2) is 0 Å². The van der Waals surface area contributed by atoms with Crippen molar-refractivity contribution in [2.45, 2.75) is 30.1 Å². The van der Waals surface area contributed by atoms with Crippen molar-refractivity contribution in [1.82, 2.24) is 10.2 Å². The first-order valence-electron chi connectivity index (χ1n) is 4.87. The van der Waals surface area contributed by atoms with Crippen molar-refractivity contribution in [3.8, 4) is 0 Å². The predicted molar refractivity (Wildman–Crippen MR) is 56.5 cm³/mol. The lowest BCUT2D eigenvalue weighted by atomic mass is 10.3. The van der Waals surface area contributed by atoms with Crippen LogP contribution in [0.4, 0.5) is 0 Å². The Hall–Kier alpha value is -1.56. The normalized spacial score (nSPS) is 10.6.